The SMILES string of the molecule is C=CCCC(NC(=O)C(CNC(=O)OCC1c2ccccc2-c2ccccc21)C(C)C)C(=O)O. The number of hydrogen-bond donors (Lipinski definition) is 3. The molecule has 180 valence electrons. The maximum Gasteiger partial charge on any atom is 0.407 e. The Labute approximate surface area is 200 Å². The van der Waals surface area contributed by atoms with Crippen LogP contribution >= 0.6 is 0 Å². The fraction of sp³-hybridized carbons (Fsp3) is 0.370. The average molecular weight is 465 g/mol. The van der Waals surface area contributed by atoms with Crippen LogP contribution in [0.4, 0.5) is 4.79 Å². The highest BCUT2D eigenvalue weighted by molar-refractivity contribution is 5.85. The summed E-state index contributed by atoms with van der Waals surface area (Å²) in [6, 6.07) is 15.2. The molecule has 7 nitrogen and oxygen atoms in total. The third-order valence-electron chi connectivity index (χ3n) is 6.23. The number of carbonyl (C=O) groups excluding carboxylic acids is 2. The van der Waals surface area contributed by atoms with Gasteiger partial charge in [0.05, 0.1) is 5.92 Å². The molecule has 7 heteroatoms. The smallest absolute Gasteiger partial charge is 0.407 e. The lowest BCUT2D eigenvalue weighted by Gasteiger charge is -2.23. The maximum atomic E-state index is 12.7. The monoisotopic (exact) mass is 464 g/mol. The zero-order valence-corrected chi connectivity index (χ0v) is 19.6. The van der Waals surface area contributed by atoms with Gasteiger partial charge in [0, 0.05) is 12.5 Å². The molecule has 0 radical (unpaired) electrons. The second kappa shape index (κ2) is 11.5. The molecular formula is C27H32N2O5. The van der Waals surface area contributed by atoms with Crippen LogP contribution in [-0.2, 0) is 14.3 Å². The Morgan fingerprint density at radius 2 is 1.65 bits per heavy atom. The highest BCUT2D eigenvalue weighted by Crippen LogP contribution is 2.44. The molecule has 0 aromatic heterocycles. The van der Waals surface area contributed by atoms with Gasteiger partial charge in [0.1, 0.15) is 12.6 Å². The van der Waals surface area contributed by atoms with Crippen LogP contribution in [0.2, 0.25) is 0 Å². The lowest BCUT2D eigenvalue weighted by molar-refractivity contribution is -0.142. The van der Waals surface area contributed by atoms with Crippen molar-refractivity contribution in [3.05, 3.63) is 72.3 Å². The van der Waals surface area contributed by atoms with Crippen molar-refractivity contribution >= 4 is 18.0 Å². The van der Waals surface area contributed by atoms with E-state index in [1.165, 1.54) is 0 Å². The molecule has 0 saturated carbocycles. The Balaban J connectivity index is 1.57. The predicted molar refractivity (Wildman–Crippen MR) is 130 cm³/mol. The van der Waals surface area contributed by atoms with Gasteiger partial charge in [-0.05, 0) is 41.0 Å². The molecule has 2 aromatic rings. The number of alkyl carbamates (subject to hydrolysis) is 1. The van der Waals surface area contributed by atoms with Crippen molar-refractivity contribution in [3.8, 4) is 11.1 Å². The van der Waals surface area contributed by atoms with Crippen molar-refractivity contribution in [3.63, 3.8) is 0 Å². The van der Waals surface area contributed by atoms with Gasteiger partial charge in [-0.3, -0.25) is 4.79 Å². The molecule has 0 saturated heterocycles. The van der Waals surface area contributed by atoms with Gasteiger partial charge in [-0.25, -0.2) is 9.59 Å². The number of fused-ring (bicyclic) bond motifs is 3. The van der Waals surface area contributed by atoms with E-state index in [2.05, 4.69) is 29.3 Å². The first-order chi connectivity index (χ1) is 16.3. The lowest BCUT2D eigenvalue weighted by Crippen LogP contribution is -2.47. The van der Waals surface area contributed by atoms with E-state index in [1.807, 2.05) is 50.2 Å². The minimum atomic E-state index is -1.10. The summed E-state index contributed by atoms with van der Waals surface area (Å²) in [4.78, 5) is 36.6. The molecular weight excluding hydrogens is 432 g/mol. The normalized spacial score (nSPS) is 14.0. The second-order valence-corrected chi connectivity index (χ2v) is 8.82. The molecule has 2 atom stereocenters. The van der Waals surface area contributed by atoms with E-state index < -0.39 is 29.9 Å². The Morgan fingerprint density at radius 1 is 1.06 bits per heavy atom. The molecule has 2 amide bonds. The minimum Gasteiger partial charge on any atom is -0.480 e. The van der Waals surface area contributed by atoms with Crippen LogP contribution in [0, 0.1) is 11.8 Å². The summed E-state index contributed by atoms with van der Waals surface area (Å²) in [5.74, 6) is -2.26. The molecule has 3 N–H and O–H groups in total. The fourth-order valence-corrected chi connectivity index (χ4v) is 4.29. The van der Waals surface area contributed by atoms with Crippen molar-refractivity contribution in [1.82, 2.24) is 10.6 Å². The third-order valence-corrected chi connectivity index (χ3v) is 6.23. The summed E-state index contributed by atoms with van der Waals surface area (Å²) < 4.78 is 5.54. The summed E-state index contributed by atoms with van der Waals surface area (Å²) >= 11 is 0. The van der Waals surface area contributed by atoms with Gasteiger partial charge in [0.15, 0.2) is 0 Å². The largest absolute Gasteiger partial charge is 0.480 e. The van der Waals surface area contributed by atoms with Crippen LogP contribution in [-0.4, -0.2) is 42.3 Å². The topological polar surface area (TPSA) is 105 Å². The van der Waals surface area contributed by atoms with Gasteiger partial charge in [-0.2, -0.15) is 0 Å². The Morgan fingerprint density at radius 3 is 2.18 bits per heavy atom. The van der Waals surface area contributed by atoms with Crippen molar-refractivity contribution in [1.29, 1.82) is 0 Å². The van der Waals surface area contributed by atoms with Crippen molar-refractivity contribution in [2.75, 3.05) is 13.2 Å². The molecule has 0 fully saturated rings. The summed E-state index contributed by atoms with van der Waals surface area (Å²) in [6.07, 6.45) is 1.74. The highest BCUT2D eigenvalue weighted by atomic mass is 16.5. The van der Waals surface area contributed by atoms with E-state index in [1.54, 1.807) is 6.08 Å². The molecule has 0 aliphatic heterocycles. The molecule has 0 spiro atoms. The number of aliphatic carboxylic acids is 1. The zero-order valence-electron chi connectivity index (χ0n) is 19.6. The highest BCUT2D eigenvalue weighted by Gasteiger charge is 2.30. The van der Waals surface area contributed by atoms with Crippen molar-refractivity contribution in [2.24, 2.45) is 11.8 Å². The van der Waals surface area contributed by atoms with Crippen molar-refractivity contribution in [2.45, 2.75) is 38.6 Å². The third kappa shape index (κ3) is 5.84. The number of amides is 2. The van der Waals surface area contributed by atoms with Crippen LogP contribution in [0.5, 0.6) is 0 Å². The molecule has 3 rings (SSSR count). The second-order valence-electron chi connectivity index (χ2n) is 8.82. The number of rotatable bonds is 11. The van der Waals surface area contributed by atoms with Crippen LogP contribution in [0.1, 0.15) is 43.7 Å². The first kappa shape index (κ1) is 25.0. The van der Waals surface area contributed by atoms with Crippen LogP contribution < -0.4 is 10.6 Å². The average Bonchev–Trinajstić information content (AvgIpc) is 3.14. The number of carbonyl (C=O) groups is 3. The summed E-state index contributed by atoms with van der Waals surface area (Å²) in [5, 5.41) is 14.6. The van der Waals surface area contributed by atoms with E-state index in [-0.39, 0.29) is 31.4 Å². The van der Waals surface area contributed by atoms with Gasteiger partial charge >= 0.3 is 12.1 Å². The van der Waals surface area contributed by atoms with Gasteiger partial charge in [-0.1, -0.05) is 68.5 Å². The molecule has 0 bridgehead atoms. The predicted octanol–water partition coefficient (Wildman–Crippen LogP) is 4.33. The number of nitrogens with one attached hydrogen (secondary N) is 2. The van der Waals surface area contributed by atoms with Crippen LogP contribution in [0.25, 0.3) is 11.1 Å². The number of hydrogen-bond acceptors (Lipinski definition) is 4. The quantitative estimate of drug-likeness (QED) is 0.429. The summed E-state index contributed by atoms with van der Waals surface area (Å²) in [6.45, 7) is 7.52. The lowest BCUT2D eigenvalue weighted by atomic mass is 9.94. The van der Waals surface area contributed by atoms with Gasteiger partial charge in [0.2, 0.25) is 5.91 Å². The maximum absolute atomic E-state index is 12.7. The number of carboxylic acid groups (broad SMARTS) is 1. The van der Waals surface area contributed by atoms with Gasteiger partial charge in [0.25, 0.3) is 0 Å². The number of benzene rings is 2. The minimum absolute atomic E-state index is 0.0496. The molecule has 1 aliphatic carbocycles. The van der Waals surface area contributed by atoms with E-state index in [0.717, 1.165) is 22.3 Å². The van der Waals surface area contributed by atoms with Crippen LogP contribution in [0.15, 0.2) is 61.2 Å². The van der Waals surface area contributed by atoms with E-state index in [4.69, 9.17) is 4.74 Å². The van der Waals surface area contributed by atoms with E-state index in [9.17, 15) is 19.5 Å². The summed E-state index contributed by atoms with van der Waals surface area (Å²) in [5.41, 5.74) is 4.53. The molecule has 1 aliphatic rings. The molecule has 34 heavy (non-hydrogen) atoms. The molecule has 2 unspecified atom stereocenters. The fourth-order valence-electron chi connectivity index (χ4n) is 4.29. The van der Waals surface area contributed by atoms with Gasteiger partial charge < -0.3 is 20.5 Å². The Kier molecular flexibility index (Phi) is 8.46. The Bertz CT molecular complexity index is 1000. The first-order valence-corrected chi connectivity index (χ1v) is 11.6. The molecule has 2 aromatic carbocycles. The zero-order chi connectivity index (χ0) is 24.7. The van der Waals surface area contributed by atoms with Gasteiger partial charge in [-0.15, -0.1) is 6.58 Å². The number of allylic oxidation sites excluding steroid dienone is 1. The number of carboxylic acids is 1. The summed E-state index contributed by atoms with van der Waals surface area (Å²) in [7, 11) is 0. The van der Waals surface area contributed by atoms with E-state index >= 15 is 0 Å². The Hall–Kier alpha value is -3.61. The first-order valence-electron chi connectivity index (χ1n) is 11.6. The van der Waals surface area contributed by atoms with Crippen molar-refractivity contribution < 1.29 is 24.2 Å². The van der Waals surface area contributed by atoms with Crippen LogP contribution in [0.3, 0.4) is 0 Å². The number of ether oxygens (including phenoxy) is 1. The molecule has 0 heterocycles. The van der Waals surface area contributed by atoms with E-state index in [0.29, 0.717) is 6.42 Å². The standard InChI is InChI=1S/C27H32N2O5/c1-4-5-14-24(26(31)32)29-25(30)22(17(2)3)15-28-27(33)34-16-23-20-12-8-6-10-18(20)19-11-7-9-13-21(19)23/h4,6-13,17,22-24H,1,5,14-16H2,2-3H3,(H,28,33)(H,29,30)(H,31,32).